The standard InChI is InChI=1S/C25H14O4/c26-21-15-5-1-2-6-16(15)22(27)20-10-14-12-25(11-13(14)9-19(20)21)23(28)17-7-3-4-8-18(17)24(25)29/h1-10H,11-12H2. The molecule has 0 aliphatic heterocycles. The van der Waals surface area contributed by atoms with E-state index in [-0.39, 0.29) is 36.0 Å². The van der Waals surface area contributed by atoms with Crippen LogP contribution < -0.4 is 0 Å². The normalized spacial score (nSPS) is 17.9. The van der Waals surface area contributed by atoms with Gasteiger partial charge in [0, 0.05) is 33.4 Å². The minimum atomic E-state index is -1.14. The van der Waals surface area contributed by atoms with Crippen LogP contribution in [0.3, 0.4) is 0 Å². The summed E-state index contributed by atoms with van der Waals surface area (Å²) in [5.41, 5.74) is 2.92. The van der Waals surface area contributed by atoms with Crippen molar-refractivity contribution in [2.75, 3.05) is 0 Å². The Balaban J connectivity index is 1.50. The van der Waals surface area contributed by atoms with Gasteiger partial charge in [-0.15, -0.1) is 0 Å². The third-order valence-corrected chi connectivity index (χ3v) is 6.52. The van der Waals surface area contributed by atoms with E-state index in [1.54, 1.807) is 60.7 Å². The zero-order valence-electron chi connectivity index (χ0n) is 15.3. The van der Waals surface area contributed by atoms with Gasteiger partial charge in [-0.3, -0.25) is 19.2 Å². The Hall–Kier alpha value is -3.66. The van der Waals surface area contributed by atoms with Gasteiger partial charge < -0.3 is 0 Å². The zero-order valence-corrected chi connectivity index (χ0v) is 15.3. The predicted octanol–water partition coefficient (Wildman–Crippen LogP) is 3.63. The number of rotatable bonds is 0. The van der Waals surface area contributed by atoms with Gasteiger partial charge in [-0.25, -0.2) is 0 Å². The second-order valence-corrected chi connectivity index (χ2v) is 8.01. The monoisotopic (exact) mass is 378 g/mol. The molecule has 0 aromatic heterocycles. The third-order valence-electron chi connectivity index (χ3n) is 6.52. The Bertz CT molecular complexity index is 1230. The number of hydrogen-bond acceptors (Lipinski definition) is 4. The first kappa shape index (κ1) is 16.3. The molecule has 4 nitrogen and oxygen atoms in total. The second-order valence-electron chi connectivity index (χ2n) is 8.01. The number of ketones is 4. The molecule has 3 aliphatic rings. The van der Waals surface area contributed by atoms with Crippen LogP contribution in [0.4, 0.5) is 0 Å². The molecule has 3 aromatic rings. The van der Waals surface area contributed by atoms with Crippen LogP contribution >= 0.6 is 0 Å². The Kier molecular flexibility index (Phi) is 2.94. The van der Waals surface area contributed by atoms with E-state index in [0.717, 1.165) is 11.1 Å². The molecule has 138 valence electrons. The molecule has 0 bridgehead atoms. The van der Waals surface area contributed by atoms with E-state index in [9.17, 15) is 19.2 Å². The van der Waals surface area contributed by atoms with Gasteiger partial charge in [-0.05, 0) is 36.1 Å². The Morgan fingerprint density at radius 3 is 1.31 bits per heavy atom. The van der Waals surface area contributed by atoms with Crippen LogP contribution in [0.1, 0.15) is 63.7 Å². The van der Waals surface area contributed by atoms with E-state index in [4.69, 9.17) is 0 Å². The lowest BCUT2D eigenvalue weighted by atomic mass is 9.80. The van der Waals surface area contributed by atoms with Gasteiger partial charge >= 0.3 is 0 Å². The molecule has 4 heteroatoms. The summed E-state index contributed by atoms with van der Waals surface area (Å²) in [6.07, 6.45) is 0.538. The number of carbonyl (C=O) groups is 4. The summed E-state index contributed by atoms with van der Waals surface area (Å²) in [5.74, 6) is -0.695. The SMILES string of the molecule is O=C1c2ccccc2C(=O)c2cc3c(cc21)CC1(C3)C(=O)c2ccccc2C1=O. The van der Waals surface area contributed by atoms with Crippen molar-refractivity contribution in [3.8, 4) is 0 Å². The highest BCUT2D eigenvalue weighted by Crippen LogP contribution is 2.48. The smallest absolute Gasteiger partial charge is 0.194 e. The van der Waals surface area contributed by atoms with Crippen molar-refractivity contribution >= 4 is 23.1 Å². The lowest BCUT2D eigenvalue weighted by molar-refractivity contribution is 0.0710. The lowest BCUT2D eigenvalue weighted by Gasteiger charge is -2.18. The van der Waals surface area contributed by atoms with Crippen molar-refractivity contribution < 1.29 is 19.2 Å². The third kappa shape index (κ3) is 1.88. The molecule has 0 N–H and O–H groups in total. The summed E-state index contributed by atoms with van der Waals surface area (Å²) in [4.78, 5) is 52.3. The van der Waals surface area contributed by atoms with Crippen LogP contribution in [0.2, 0.25) is 0 Å². The van der Waals surface area contributed by atoms with Gasteiger partial charge in [0.05, 0.1) is 0 Å². The van der Waals surface area contributed by atoms with E-state index < -0.39 is 5.41 Å². The summed E-state index contributed by atoms with van der Waals surface area (Å²) >= 11 is 0. The maximum Gasteiger partial charge on any atom is 0.194 e. The fourth-order valence-electron chi connectivity index (χ4n) is 5.10. The predicted molar refractivity (Wildman–Crippen MR) is 105 cm³/mol. The molecule has 3 aliphatic carbocycles. The molecule has 1 spiro atoms. The molecule has 0 amide bonds. The minimum absolute atomic E-state index is 0.159. The van der Waals surface area contributed by atoms with Crippen LogP contribution in [0.5, 0.6) is 0 Å². The Morgan fingerprint density at radius 1 is 0.517 bits per heavy atom. The van der Waals surface area contributed by atoms with Crippen LogP contribution in [0.25, 0.3) is 0 Å². The van der Waals surface area contributed by atoms with Crippen LogP contribution in [0.15, 0.2) is 60.7 Å². The van der Waals surface area contributed by atoms with Crippen LogP contribution in [-0.2, 0) is 12.8 Å². The van der Waals surface area contributed by atoms with E-state index >= 15 is 0 Å². The van der Waals surface area contributed by atoms with Crippen molar-refractivity contribution in [2.45, 2.75) is 12.8 Å². The van der Waals surface area contributed by atoms with E-state index in [1.165, 1.54) is 0 Å². The fraction of sp³-hybridized carbons (Fsp3) is 0.120. The summed E-state index contributed by atoms with van der Waals surface area (Å²) in [6, 6.07) is 17.2. The van der Waals surface area contributed by atoms with E-state index in [2.05, 4.69) is 0 Å². The first-order chi connectivity index (χ1) is 14.0. The van der Waals surface area contributed by atoms with Crippen molar-refractivity contribution in [2.24, 2.45) is 5.41 Å². The summed E-state index contributed by atoms with van der Waals surface area (Å²) in [5, 5.41) is 0. The number of carbonyl (C=O) groups excluding carboxylic acids is 4. The first-order valence-electron chi connectivity index (χ1n) is 9.54. The minimum Gasteiger partial charge on any atom is -0.293 e. The number of benzene rings is 3. The van der Waals surface area contributed by atoms with Gasteiger partial charge in [0.15, 0.2) is 23.1 Å². The fourth-order valence-corrected chi connectivity index (χ4v) is 5.10. The van der Waals surface area contributed by atoms with Gasteiger partial charge in [0.2, 0.25) is 0 Å². The van der Waals surface area contributed by atoms with Crippen molar-refractivity contribution in [3.05, 3.63) is 105 Å². The maximum atomic E-state index is 13.2. The van der Waals surface area contributed by atoms with Crippen molar-refractivity contribution in [3.63, 3.8) is 0 Å². The molecule has 0 radical (unpaired) electrons. The average Bonchev–Trinajstić information content (AvgIpc) is 3.23. The van der Waals surface area contributed by atoms with E-state index in [1.807, 2.05) is 0 Å². The zero-order chi connectivity index (χ0) is 19.9. The van der Waals surface area contributed by atoms with Gasteiger partial charge in [-0.1, -0.05) is 48.5 Å². The summed E-state index contributed by atoms with van der Waals surface area (Å²) < 4.78 is 0. The van der Waals surface area contributed by atoms with E-state index in [0.29, 0.717) is 33.4 Å². The molecule has 0 atom stereocenters. The average molecular weight is 378 g/mol. The molecule has 0 saturated heterocycles. The molecule has 0 saturated carbocycles. The number of hydrogen-bond donors (Lipinski definition) is 0. The highest BCUT2D eigenvalue weighted by molar-refractivity contribution is 6.31. The van der Waals surface area contributed by atoms with Gasteiger partial charge in [0.25, 0.3) is 0 Å². The Labute approximate surface area is 166 Å². The lowest BCUT2D eigenvalue weighted by Crippen LogP contribution is -2.34. The molecule has 6 rings (SSSR count). The van der Waals surface area contributed by atoms with Crippen molar-refractivity contribution in [1.82, 2.24) is 0 Å². The van der Waals surface area contributed by atoms with Gasteiger partial charge in [0.1, 0.15) is 5.41 Å². The maximum absolute atomic E-state index is 13.2. The molecular formula is C25H14O4. The topological polar surface area (TPSA) is 68.3 Å². The summed E-state index contributed by atoms with van der Waals surface area (Å²) in [6.45, 7) is 0. The Morgan fingerprint density at radius 2 is 0.897 bits per heavy atom. The second kappa shape index (κ2) is 5.23. The molecule has 3 aromatic carbocycles. The molecular weight excluding hydrogens is 364 g/mol. The first-order valence-corrected chi connectivity index (χ1v) is 9.54. The molecule has 0 fully saturated rings. The largest absolute Gasteiger partial charge is 0.293 e. The van der Waals surface area contributed by atoms with Crippen LogP contribution in [-0.4, -0.2) is 23.1 Å². The highest BCUT2D eigenvalue weighted by atomic mass is 16.2. The summed E-state index contributed by atoms with van der Waals surface area (Å²) in [7, 11) is 0. The van der Waals surface area contributed by atoms with Crippen LogP contribution in [0, 0.1) is 5.41 Å². The number of fused-ring (bicyclic) bond motifs is 4. The van der Waals surface area contributed by atoms with Crippen molar-refractivity contribution in [1.29, 1.82) is 0 Å². The highest BCUT2D eigenvalue weighted by Gasteiger charge is 2.55. The number of Topliss-reactive ketones (excluding diaryl/α,β-unsaturated/α-hetero) is 2. The quantitative estimate of drug-likeness (QED) is 0.438. The molecule has 0 unspecified atom stereocenters. The molecule has 0 heterocycles. The molecule has 29 heavy (non-hydrogen) atoms. The van der Waals surface area contributed by atoms with Gasteiger partial charge in [-0.2, -0.15) is 0 Å².